The molecular formula is C16H15Cl3N2O3. The Labute approximate surface area is 154 Å². The molecule has 2 rings (SSSR count). The molecule has 0 bridgehead atoms. The molecule has 5 nitrogen and oxygen atoms in total. The number of halogens is 3. The van der Waals surface area contributed by atoms with Gasteiger partial charge in [-0.15, -0.1) is 0 Å². The van der Waals surface area contributed by atoms with Gasteiger partial charge >= 0.3 is 0 Å². The molecule has 0 aromatic heterocycles. The number of nitrogens with one attached hydrogen (secondary N) is 2. The summed E-state index contributed by atoms with van der Waals surface area (Å²) in [6.45, 7) is 0.000101. The highest BCUT2D eigenvalue weighted by atomic mass is 35.5. The lowest BCUT2D eigenvalue weighted by Crippen LogP contribution is -2.22. The molecule has 0 fully saturated rings. The first-order chi connectivity index (χ1) is 11.4. The molecule has 0 saturated heterocycles. The fourth-order valence-electron chi connectivity index (χ4n) is 1.94. The molecular weight excluding hydrogens is 375 g/mol. The van der Waals surface area contributed by atoms with Crippen LogP contribution in [0.5, 0.6) is 11.5 Å². The Kier molecular flexibility index (Phi) is 6.43. The second-order valence-electron chi connectivity index (χ2n) is 4.71. The summed E-state index contributed by atoms with van der Waals surface area (Å²) in [4.78, 5) is 12.1. The highest BCUT2D eigenvalue weighted by Crippen LogP contribution is 2.32. The van der Waals surface area contributed by atoms with Gasteiger partial charge in [0, 0.05) is 6.07 Å². The summed E-state index contributed by atoms with van der Waals surface area (Å²) < 4.78 is 10.4. The highest BCUT2D eigenvalue weighted by molar-refractivity contribution is 6.44. The van der Waals surface area contributed by atoms with Gasteiger partial charge in [-0.3, -0.25) is 4.79 Å². The van der Waals surface area contributed by atoms with Gasteiger partial charge in [-0.25, -0.2) is 0 Å². The third-order valence-corrected chi connectivity index (χ3v) is 4.16. The standard InChI is InChI=1S/C16H15Cl3N2O3/c1-23-9-3-4-15(24-2)14(5-9)20-8-16(22)21-13-7-11(18)10(17)6-12(13)19/h3-7,20H,8H2,1-2H3,(H,21,22). The van der Waals surface area contributed by atoms with Crippen molar-refractivity contribution in [2.24, 2.45) is 0 Å². The van der Waals surface area contributed by atoms with Crippen molar-refractivity contribution >= 4 is 52.1 Å². The van der Waals surface area contributed by atoms with Crippen LogP contribution < -0.4 is 20.1 Å². The molecule has 0 spiro atoms. The Morgan fingerprint density at radius 1 is 0.958 bits per heavy atom. The quantitative estimate of drug-likeness (QED) is 0.702. The van der Waals surface area contributed by atoms with Crippen molar-refractivity contribution in [2.45, 2.75) is 0 Å². The fraction of sp³-hybridized carbons (Fsp3) is 0.188. The number of ether oxygens (including phenoxy) is 2. The molecule has 2 N–H and O–H groups in total. The van der Waals surface area contributed by atoms with Crippen LogP contribution in [-0.4, -0.2) is 26.7 Å². The van der Waals surface area contributed by atoms with E-state index in [-0.39, 0.29) is 12.5 Å². The van der Waals surface area contributed by atoms with Gasteiger partial charge in [-0.2, -0.15) is 0 Å². The molecule has 24 heavy (non-hydrogen) atoms. The average Bonchev–Trinajstić information content (AvgIpc) is 2.57. The van der Waals surface area contributed by atoms with Crippen LogP contribution in [0.1, 0.15) is 0 Å². The van der Waals surface area contributed by atoms with Gasteiger partial charge in [0.15, 0.2) is 0 Å². The number of carbonyl (C=O) groups excluding carboxylic acids is 1. The van der Waals surface area contributed by atoms with E-state index in [1.165, 1.54) is 12.1 Å². The van der Waals surface area contributed by atoms with Crippen molar-refractivity contribution in [2.75, 3.05) is 31.4 Å². The number of hydrogen-bond donors (Lipinski definition) is 2. The van der Waals surface area contributed by atoms with E-state index in [2.05, 4.69) is 10.6 Å². The highest BCUT2D eigenvalue weighted by Gasteiger charge is 2.11. The van der Waals surface area contributed by atoms with Crippen LogP contribution in [0.3, 0.4) is 0 Å². The number of rotatable bonds is 6. The zero-order valence-corrected chi connectivity index (χ0v) is 15.2. The zero-order valence-electron chi connectivity index (χ0n) is 13.0. The van der Waals surface area contributed by atoms with Gasteiger partial charge in [0.25, 0.3) is 0 Å². The van der Waals surface area contributed by atoms with E-state index in [4.69, 9.17) is 44.3 Å². The SMILES string of the molecule is COc1ccc(OC)c(NCC(=O)Nc2cc(Cl)c(Cl)cc2Cl)c1. The van der Waals surface area contributed by atoms with Crippen molar-refractivity contribution in [1.82, 2.24) is 0 Å². The van der Waals surface area contributed by atoms with Crippen molar-refractivity contribution < 1.29 is 14.3 Å². The molecule has 0 heterocycles. The average molecular weight is 390 g/mol. The Morgan fingerprint density at radius 2 is 1.67 bits per heavy atom. The summed E-state index contributed by atoms with van der Waals surface area (Å²) in [5.74, 6) is 0.933. The van der Waals surface area contributed by atoms with Gasteiger partial charge < -0.3 is 20.1 Å². The van der Waals surface area contributed by atoms with Crippen LogP contribution in [0, 0.1) is 0 Å². The first-order valence-electron chi connectivity index (χ1n) is 6.85. The normalized spacial score (nSPS) is 10.2. The fourth-order valence-corrected chi connectivity index (χ4v) is 2.53. The first-order valence-corrected chi connectivity index (χ1v) is 7.98. The minimum absolute atomic E-state index is 0.000101. The Morgan fingerprint density at radius 3 is 2.33 bits per heavy atom. The first kappa shape index (κ1) is 18.5. The third kappa shape index (κ3) is 4.60. The Bertz CT molecular complexity index is 754. The van der Waals surface area contributed by atoms with Crippen molar-refractivity contribution in [3.63, 3.8) is 0 Å². The summed E-state index contributed by atoms with van der Waals surface area (Å²) in [5.41, 5.74) is 1.02. The van der Waals surface area contributed by atoms with Crippen LogP contribution in [0.15, 0.2) is 30.3 Å². The zero-order chi connectivity index (χ0) is 17.7. The second-order valence-corrected chi connectivity index (χ2v) is 5.94. The van der Waals surface area contributed by atoms with E-state index in [0.29, 0.717) is 37.9 Å². The lowest BCUT2D eigenvalue weighted by Gasteiger charge is -2.13. The van der Waals surface area contributed by atoms with Crippen molar-refractivity contribution in [3.8, 4) is 11.5 Å². The molecule has 2 aromatic carbocycles. The summed E-state index contributed by atoms with van der Waals surface area (Å²) >= 11 is 17.8. The van der Waals surface area contributed by atoms with E-state index >= 15 is 0 Å². The van der Waals surface area contributed by atoms with E-state index in [1.807, 2.05) is 0 Å². The molecule has 2 aromatic rings. The van der Waals surface area contributed by atoms with E-state index in [9.17, 15) is 4.79 Å². The molecule has 0 atom stereocenters. The molecule has 1 amide bonds. The molecule has 0 unspecified atom stereocenters. The molecule has 128 valence electrons. The summed E-state index contributed by atoms with van der Waals surface area (Å²) in [6, 6.07) is 8.21. The lowest BCUT2D eigenvalue weighted by molar-refractivity contribution is -0.114. The maximum atomic E-state index is 12.1. The molecule has 0 saturated carbocycles. The number of benzene rings is 2. The number of anilines is 2. The van der Waals surface area contributed by atoms with E-state index < -0.39 is 0 Å². The van der Waals surface area contributed by atoms with Gasteiger partial charge in [0.2, 0.25) is 5.91 Å². The van der Waals surface area contributed by atoms with Gasteiger partial charge in [-0.1, -0.05) is 34.8 Å². The molecule has 0 aliphatic rings. The minimum Gasteiger partial charge on any atom is -0.497 e. The van der Waals surface area contributed by atoms with Crippen LogP contribution in [0.25, 0.3) is 0 Å². The van der Waals surface area contributed by atoms with Crippen LogP contribution in [-0.2, 0) is 4.79 Å². The summed E-state index contributed by atoms with van der Waals surface area (Å²) in [6.07, 6.45) is 0. The topological polar surface area (TPSA) is 59.6 Å². The number of carbonyl (C=O) groups is 1. The minimum atomic E-state index is -0.305. The molecule has 0 aliphatic carbocycles. The molecule has 8 heteroatoms. The monoisotopic (exact) mass is 388 g/mol. The Balaban J connectivity index is 2.05. The van der Waals surface area contributed by atoms with Crippen LogP contribution in [0.4, 0.5) is 11.4 Å². The van der Waals surface area contributed by atoms with E-state index in [0.717, 1.165) is 0 Å². The third-order valence-electron chi connectivity index (χ3n) is 3.13. The van der Waals surface area contributed by atoms with E-state index in [1.54, 1.807) is 32.4 Å². The van der Waals surface area contributed by atoms with Crippen molar-refractivity contribution in [3.05, 3.63) is 45.4 Å². The largest absolute Gasteiger partial charge is 0.497 e. The predicted molar refractivity (Wildman–Crippen MR) is 98.1 cm³/mol. The maximum absolute atomic E-state index is 12.1. The summed E-state index contributed by atoms with van der Waals surface area (Å²) in [7, 11) is 3.10. The predicted octanol–water partition coefficient (Wildman–Crippen LogP) is 4.71. The molecule has 0 aliphatic heterocycles. The van der Waals surface area contributed by atoms with Crippen LogP contribution in [0.2, 0.25) is 15.1 Å². The number of hydrogen-bond acceptors (Lipinski definition) is 4. The smallest absolute Gasteiger partial charge is 0.243 e. The van der Waals surface area contributed by atoms with Crippen molar-refractivity contribution in [1.29, 1.82) is 0 Å². The lowest BCUT2D eigenvalue weighted by atomic mass is 10.2. The van der Waals surface area contributed by atoms with Gasteiger partial charge in [0.1, 0.15) is 11.5 Å². The van der Waals surface area contributed by atoms with Gasteiger partial charge in [0.05, 0.1) is 47.2 Å². The molecule has 0 radical (unpaired) electrons. The Hall–Kier alpha value is -1.82. The van der Waals surface area contributed by atoms with Gasteiger partial charge in [-0.05, 0) is 24.3 Å². The number of methoxy groups -OCH3 is 2. The second kappa shape index (κ2) is 8.33. The maximum Gasteiger partial charge on any atom is 0.243 e. The summed E-state index contributed by atoms with van der Waals surface area (Å²) in [5, 5.41) is 6.58. The van der Waals surface area contributed by atoms with Crippen LogP contribution >= 0.6 is 34.8 Å². The number of amides is 1.